The van der Waals surface area contributed by atoms with E-state index in [-0.39, 0.29) is 18.0 Å². The molecule has 1 amide bonds. The zero-order chi connectivity index (χ0) is 14.5. The van der Waals surface area contributed by atoms with Gasteiger partial charge in [0.1, 0.15) is 0 Å². The Labute approximate surface area is 115 Å². The highest BCUT2D eigenvalue weighted by atomic mass is 16.2. The van der Waals surface area contributed by atoms with E-state index in [2.05, 4.69) is 16.2 Å². The van der Waals surface area contributed by atoms with E-state index in [0.29, 0.717) is 11.4 Å². The Bertz CT molecular complexity index is 691. The van der Waals surface area contributed by atoms with E-state index in [1.165, 1.54) is 4.57 Å². The minimum absolute atomic E-state index is 0.183. The Morgan fingerprint density at radius 3 is 2.70 bits per heavy atom. The molecule has 0 spiro atoms. The van der Waals surface area contributed by atoms with Crippen molar-refractivity contribution in [2.24, 2.45) is 5.73 Å². The van der Waals surface area contributed by atoms with Crippen molar-refractivity contribution < 1.29 is 4.79 Å². The van der Waals surface area contributed by atoms with Gasteiger partial charge in [-0.25, -0.2) is 4.79 Å². The number of hydrogen-bond donors (Lipinski definition) is 3. The van der Waals surface area contributed by atoms with Crippen LogP contribution in [0.1, 0.15) is 6.42 Å². The third kappa shape index (κ3) is 2.96. The minimum Gasteiger partial charge on any atom is -0.325 e. The number of hydrogen-bond acceptors (Lipinski definition) is 3. The van der Waals surface area contributed by atoms with Crippen molar-refractivity contribution in [1.82, 2.24) is 9.55 Å². The molecule has 6 nitrogen and oxygen atoms in total. The lowest BCUT2D eigenvalue weighted by atomic mass is 10.2. The van der Waals surface area contributed by atoms with Crippen LogP contribution in [0.4, 0.5) is 5.69 Å². The molecular formula is C14H14N4O2. The fraction of sp³-hybridized carbons (Fsp3) is 0.143. The number of aromatic nitrogens is 2. The average molecular weight is 270 g/mol. The largest absolute Gasteiger partial charge is 0.330 e. The molecule has 0 bridgehead atoms. The Hall–Kier alpha value is -2.78. The number of benzene rings is 1. The first-order chi connectivity index (χ1) is 9.61. The monoisotopic (exact) mass is 270 g/mol. The lowest BCUT2D eigenvalue weighted by Crippen LogP contribution is -2.35. The molecule has 1 atom stereocenters. The van der Waals surface area contributed by atoms with E-state index in [1.54, 1.807) is 36.7 Å². The third-order valence-electron chi connectivity index (χ3n) is 2.74. The van der Waals surface area contributed by atoms with Gasteiger partial charge in [0.05, 0.1) is 11.7 Å². The SMILES string of the molecule is C#CCC(N)C(=O)Nc1ccc(-n2cc[nH]c2=O)cc1. The maximum atomic E-state index is 11.7. The summed E-state index contributed by atoms with van der Waals surface area (Å²) in [6, 6.07) is 6.09. The quantitative estimate of drug-likeness (QED) is 0.704. The first kappa shape index (κ1) is 13.6. The summed E-state index contributed by atoms with van der Waals surface area (Å²) in [5.74, 6) is 2.00. The van der Waals surface area contributed by atoms with Crippen molar-refractivity contribution in [2.75, 3.05) is 5.32 Å². The van der Waals surface area contributed by atoms with Gasteiger partial charge >= 0.3 is 5.69 Å². The molecule has 0 radical (unpaired) electrons. The van der Waals surface area contributed by atoms with Crippen LogP contribution in [0.3, 0.4) is 0 Å². The number of carbonyl (C=O) groups is 1. The summed E-state index contributed by atoms with van der Waals surface area (Å²) in [5.41, 5.74) is 6.66. The van der Waals surface area contributed by atoms with Gasteiger partial charge in [-0.1, -0.05) is 0 Å². The van der Waals surface area contributed by atoms with E-state index >= 15 is 0 Å². The number of nitrogens with one attached hydrogen (secondary N) is 2. The molecule has 102 valence electrons. The molecule has 0 saturated heterocycles. The topological polar surface area (TPSA) is 92.9 Å². The molecule has 1 heterocycles. The molecule has 4 N–H and O–H groups in total. The van der Waals surface area contributed by atoms with Gasteiger partial charge < -0.3 is 16.0 Å². The molecule has 6 heteroatoms. The summed E-state index contributed by atoms with van der Waals surface area (Å²) in [4.78, 5) is 25.7. The molecule has 2 aromatic rings. The third-order valence-corrected chi connectivity index (χ3v) is 2.74. The van der Waals surface area contributed by atoms with Crippen LogP contribution in [0.5, 0.6) is 0 Å². The van der Waals surface area contributed by atoms with Crippen LogP contribution >= 0.6 is 0 Å². The predicted octanol–water partition coefficient (Wildman–Crippen LogP) is 0.455. The summed E-state index contributed by atoms with van der Waals surface area (Å²) in [5, 5.41) is 2.66. The molecule has 1 aromatic carbocycles. The van der Waals surface area contributed by atoms with E-state index < -0.39 is 6.04 Å². The summed E-state index contributed by atoms with van der Waals surface area (Å²) < 4.78 is 1.45. The standard InChI is InChI=1S/C14H14N4O2/c1-2-3-12(15)13(19)17-10-4-6-11(7-5-10)18-9-8-16-14(18)20/h1,4-9,12H,3,15H2,(H,16,20)(H,17,19). The Balaban J connectivity index is 2.10. The van der Waals surface area contributed by atoms with Crippen molar-refractivity contribution in [3.8, 4) is 18.0 Å². The van der Waals surface area contributed by atoms with Crippen molar-refractivity contribution in [3.05, 3.63) is 47.1 Å². The van der Waals surface area contributed by atoms with Crippen LogP contribution in [0.2, 0.25) is 0 Å². The lowest BCUT2D eigenvalue weighted by molar-refractivity contribution is -0.117. The van der Waals surface area contributed by atoms with Crippen LogP contribution in [-0.2, 0) is 4.79 Å². The predicted molar refractivity (Wildman–Crippen MR) is 76.4 cm³/mol. The maximum absolute atomic E-state index is 11.7. The second kappa shape index (κ2) is 5.91. The van der Waals surface area contributed by atoms with E-state index in [9.17, 15) is 9.59 Å². The van der Waals surface area contributed by atoms with Gasteiger partial charge in [-0.3, -0.25) is 9.36 Å². The summed E-state index contributed by atoms with van der Waals surface area (Å²) in [7, 11) is 0. The maximum Gasteiger partial charge on any atom is 0.330 e. The number of nitrogens with zero attached hydrogens (tertiary/aromatic N) is 1. The Morgan fingerprint density at radius 2 is 2.15 bits per heavy atom. The number of H-pyrrole nitrogens is 1. The fourth-order valence-electron chi connectivity index (χ4n) is 1.68. The van der Waals surface area contributed by atoms with Crippen molar-refractivity contribution in [3.63, 3.8) is 0 Å². The van der Waals surface area contributed by atoms with Crippen LogP contribution in [0, 0.1) is 12.3 Å². The van der Waals surface area contributed by atoms with Gasteiger partial charge in [0.2, 0.25) is 5.91 Å². The zero-order valence-electron chi connectivity index (χ0n) is 10.7. The summed E-state index contributed by atoms with van der Waals surface area (Å²) in [6.45, 7) is 0. The first-order valence-electron chi connectivity index (χ1n) is 5.98. The number of imidazole rings is 1. The molecule has 20 heavy (non-hydrogen) atoms. The molecule has 1 aromatic heterocycles. The number of amides is 1. The average Bonchev–Trinajstić information content (AvgIpc) is 2.86. The zero-order valence-corrected chi connectivity index (χ0v) is 10.7. The summed E-state index contributed by atoms with van der Waals surface area (Å²) >= 11 is 0. The van der Waals surface area contributed by atoms with Gasteiger partial charge in [0.25, 0.3) is 0 Å². The Morgan fingerprint density at radius 1 is 1.45 bits per heavy atom. The number of carbonyl (C=O) groups excluding carboxylic acids is 1. The number of rotatable bonds is 4. The smallest absolute Gasteiger partial charge is 0.325 e. The van der Waals surface area contributed by atoms with E-state index in [1.807, 2.05) is 0 Å². The molecule has 0 aliphatic carbocycles. The van der Waals surface area contributed by atoms with Crippen molar-refractivity contribution in [1.29, 1.82) is 0 Å². The van der Waals surface area contributed by atoms with Gasteiger partial charge in [-0.2, -0.15) is 0 Å². The Kier molecular flexibility index (Phi) is 4.03. The van der Waals surface area contributed by atoms with Crippen LogP contribution in [-0.4, -0.2) is 21.5 Å². The normalized spacial score (nSPS) is 11.6. The van der Waals surface area contributed by atoms with Gasteiger partial charge in [-0.15, -0.1) is 12.3 Å². The van der Waals surface area contributed by atoms with Crippen LogP contribution < -0.4 is 16.7 Å². The minimum atomic E-state index is -0.730. The van der Waals surface area contributed by atoms with Crippen LogP contribution in [0.15, 0.2) is 41.5 Å². The number of terminal acetylenes is 1. The van der Waals surface area contributed by atoms with E-state index in [0.717, 1.165) is 0 Å². The molecular weight excluding hydrogens is 256 g/mol. The number of aromatic amines is 1. The van der Waals surface area contributed by atoms with Crippen LogP contribution in [0.25, 0.3) is 5.69 Å². The fourth-order valence-corrected chi connectivity index (χ4v) is 1.68. The second-order valence-corrected chi connectivity index (χ2v) is 4.19. The number of anilines is 1. The van der Waals surface area contributed by atoms with Crippen molar-refractivity contribution >= 4 is 11.6 Å². The second-order valence-electron chi connectivity index (χ2n) is 4.19. The van der Waals surface area contributed by atoms with Gasteiger partial charge in [0, 0.05) is 24.5 Å². The lowest BCUT2D eigenvalue weighted by Gasteiger charge is -2.10. The summed E-state index contributed by atoms with van der Waals surface area (Å²) in [6.07, 6.45) is 8.46. The highest BCUT2D eigenvalue weighted by molar-refractivity contribution is 5.94. The first-order valence-corrected chi connectivity index (χ1v) is 5.98. The molecule has 0 aliphatic heterocycles. The molecule has 0 fully saturated rings. The molecule has 0 saturated carbocycles. The molecule has 0 aliphatic rings. The van der Waals surface area contributed by atoms with E-state index in [4.69, 9.17) is 12.2 Å². The highest BCUT2D eigenvalue weighted by Crippen LogP contribution is 2.12. The highest BCUT2D eigenvalue weighted by Gasteiger charge is 2.12. The van der Waals surface area contributed by atoms with Gasteiger partial charge in [0.15, 0.2) is 0 Å². The number of nitrogens with two attached hydrogens (primary N) is 1. The van der Waals surface area contributed by atoms with Crippen molar-refractivity contribution in [2.45, 2.75) is 12.5 Å². The molecule has 1 unspecified atom stereocenters. The van der Waals surface area contributed by atoms with Gasteiger partial charge in [-0.05, 0) is 24.3 Å². The molecule has 2 rings (SSSR count).